The average molecular weight is 496 g/mol. The number of hydrogen-bond donors (Lipinski definition) is 2. The summed E-state index contributed by atoms with van der Waals surface area (Å²) in [5, 5.41) is 6.04. The number of benzene rings is 2. The zero-order valence-corrected chi connectivity index (χ0v) is 19.4. The molecule has 0 atom stereocenters. The average Bonchev–Trinajstić information content (AvgIpc) is 2.69. The number of carbonyl (C=O) groups excluding carboxylic acids is 3. The fourth-order valence-corrected chi connectivity index (χ4v) is 3.23. The van der Waals surface area contributed by atoms with Gasteiger partial charge >= 0.3 is 5.97 Å². The van der Waals surface area contributed by atoms with Crippen LogP contribution in [-0.4, -0.2) is 24.4 Å². The molecular weight excluding hydrogens is 472 g/mol. The normalized spacial score (nSPS) is 10.4. The van der Waals surface area contributed by atoms with Gasteiger partial charge in [0.15, 0.2) is 6.61 Å². The number of aryl methyl sites for hydroxylation is 1. The maximum atomic E-state index is 12.0. The molecule has 0 saturated heterocycles. The van der Waals surface area contributed by atoms with Crippen molar-refractivity contribution in [3.05, 3.63) is 56.5 Å². The molecule has 2 rings (SSSR count). The van der Waals surface area contributed by atoms with Crippen LogP contribution in [0.2, 0.25) is 5.02 Å². The summed E-state index contributed by atoms with van der Waals surface area (Å²) in [6.07, 6.45) is 0.521. The van der Waals surface area contributed by atoms with Gasteiger partial charge < -0.3 is 15.4 Å². The largest absolute Gasteiger partial charge is 0.456 e. The molecule has 0 saturated carbocycles. The van der Waals surface area contributed by atoms with Gasteiger partial charge in [0, 0.05) is 33.7 Å². The van der Waals surface area contributed by atoms with Gasteiger partial charge in [0.25, 0.3) is 5.91 Å². The van der Waals surface area contributed by atoms with Gasteiger partial charge in [0.1, 0.15) is 0 Å². The van der Waals surface area contributed by atoms with E-state index in [9.17, 15) is 14.4 Å². The summed E-state index contributed by atoms with van der Waals surface area (Å²) in [6.45, 7) is 5.35. The monoisotopic (exact) mass is 494 g/mol. The van der Waals surface area contributed by atoms with Crippen LogP contribution in [0.15, 0.2) is 34.8 Å². The van der Waals surface area contributed by atoms with Gasteiger partial charge in [0.2, 0.25) is 5.91 Å². The molecule has 6 nitrogen and oxygen atoms in total. The number of rotatable bonds is 8. The van der Waals surface area contributed by atoms with E-state index in [4.69, 9.17) is 16.3 Å². The van der Waals surface area contributed by atoms with Crippen LogP contribution in [0.25, 0.3) is 0 Å². The molecule has 0 unspecified atom stereocenters. The molecule has 160 valence electrons. The molecule has 0 heterocycles. The predicted molar refractivity (Wildman–Crippen MR) is 122 cm³/mol. The third-order valence-corrected chi connectivity index (χ3v) is 5.87. The minimum absolute atomic E-state index is 0.0474. The quantitative estimate of drug-likeness (QED) is 0.486. The van der Waals surface area contributed by atoms with E-state index in [1.807, 2.05) is 32.9 Å². The standard InChI is InChI=1S/C22H24BrClN2O4/c1-13-7-8-16(11-18(13)24)25-20(27)5-4-6-22(29)30-12-21(28)26-19-10-9-17(23)14(2)15(19)3/h7-11H,4-6,12H2,1-3H3,(H,25,27)(H,26,28). The smallest absolute Gasteiger partial charge is 0.306 e. The third-order valence-electron chi connectivity index (χ3n) is 4.60. The van der Waals surface area contributed by atoms with E-state index in [-0.39, 0.29) is 25.4 Å². The second-order valence-corrected chi connectivity index (χ2v) is 8.18. The van der Waals surface area contributed by atoms with Crippen LogP contribution in [0.3, 0.4) is 0 Å². The lowest BCUT2D eigenvalue weighted by Crippen LogP contribution is -2.21. The molecule has 2 aromatic rings. The minimum Gasteiger partial charge on any atom is -0.456 e. The Kier molecular flexibility index (Phi) is 8.87. The molecule has 8 heteroatoms. The topological polar surface area (TPSA) is 84.5 Å². The van der Waals surface area contributed by atoms with Crippen molar-refractivity contribution >= 4 is 56.7 Å². The lowest BCUT2D eigenvalue weighted by molar-refractivity contribution is -0.147. The van der Waals surface area contributed by atoms with E-state index in [2.05, 4.69) is 26.6 Å². The van der Waals surface area contributed by atoms with Crippen molar-refractivity contribution in [2.45, 2.75) is 40.0 Å². The van der Waals surface area contributed by atoms with Crippen molar-refractivity contribution in [2.75, 3.05) is 17.2 Å². The zero-order chi connectivity index (χ0) is 22.3. The fraction of sp³-hybridized carbons (Fsp3) is 0.318. The highest BCUT2D eigenvalue weighted by Gasteiger charge is 2.12. The molecule has 0 aliphatic carbocycles. The number of halogens is 2. The molecule has 0 bridgehead atoms. The van der Waals surface area contributed by atoms with Gasteiger partial charge in [0.05, 0.1) is 0 Å². The van der Waals surface area contributed by atoms with Crippen molar-refractivity contribution < 1.29 is 19.1 Å². The number of carbonyl (C=O) groups is 3. The van der Waals surface area contributed by atoms with Gasteiger partial charge in [-0.25, -0.2) is 0 Å². The Bertz CT molecular complexity index is 962. The van der Waals surface area contributed by atoms with Crippen molar-refractivity contribution in [1.82, 2.24) is 0 Å². The molecule has 0 aliphatic rings. The van der Waals surface area contributed by atoms with Gasteiger partial charge in [-0.3, -0.25) is 14.4 Å². The Labute approximate surface area is 189 Å². The van der Waals surface area contributed by atoms with Crippen LogP contribution in [-0.2, 0) is 19.1 Å². The van der Waals surface area contributed by atoms with E-state index < -0.39 is 11.9 Å². The Hall–Kier alpha value is -2.38. The summed E-state index contributed by atoms with van der Waals surface area (Å²) in [5.41, 5.74) is 4.16. The second-order valence-electron chi connectivity index (χ2n) is 6.92. The molecule has 0 aromatic heterocycles. The summed E-state index contributed by atoms with van der Waals surface area (Å²) in [4.78, 5) is 35.8. The van der Waals surface area contributed by atoms with Crippen LogP contribution < -0.4 is 10.6 Å². The summed E-state index contributed by atoms with van der Waals surface area (Å²) < 4.78 is 5.95. The molecule has 0 spiro atoms. The first-order valence-electron chi connectivity index (χ1n) is 9.44. The highest BCUT2D eigenvalue weighted by Crippen LogP contribution is 2.25. The van der Waals surface area contributed by atoms with Gasteiger partial charge in [-0.1, -0.05) is 33.6 Å². The third kappa shape index (κ3) is 7.15. The molecule has 2 N–H and O–H groups in total. The first-order chi connectivity index (χ1) is 14.2. The highest BCUT2D eigenvalue weighted by atomic mass is 79.9. The minimum atomic E-state index is -0.528. The summed E-state index contributed by atoms with van der Waals surface area (Å²) in [7, 11) is 0. The van der Waals surface area contributed by atoms with E-state index >= 15 is 0 Å². The molecule has 0 fully saturated rings. The van der Waals surface area contributed by atoms with Gasteiger partial charge in [-0.15, -0.1) is 0 Å². The Morgan fingerprint density at radius 3 is 2.40 bits per heavy atom. The number of ether oxygens (including phenoxy) is 1. The highest BCUT2D eigenvalue weighted by molar-refractivity contribution is 9.10. The Balaban J connectivity index is 1.69. The van der Waals surface area contributed by atoms with Crippen LogP contribution in [0, 0.1) is 20.8 Å². The van der Waals surface area contributed by atoms with Crippen LogP contribution in [0.5, 0.6) is 0 Å². The van der Waals surface area contributed by atoms with Crippen LogP contribution >= 0.6 is 27.5 Å². The summed E-state index contributed by atoms with van der Waals surface area (Å²) >= 11 is 9.47. The number of nitrogens with one attached hydrogen (secondary N) is 2. The first kappa shape index (κ1) is 23.9. The maximum absolute atomic E-state index is 12.0. The van der Waals surface area contributed by atoms with E-state index in [0.717, 1.165) is 21.2 Å². The maximum Gasteiger partial charge on any atom is 0.306 e. The Morgan fingerprint density at radius 1 is 0.967 bits per heavy atom. The lowest BCUT2D eigenvalue weighted by Gasteiger charge is -2.12. The summed E-state index contributed by atoms with van der Waals surface area (Å²) in [6, 6.07) is 8.89. The zero-order valence-electron chi connectivity index (χ0n) is 17.1. The van der Waals surface area contributed by atoms with E-state index in [0.29, 0.717) is 22.8 Å². The number of amides is 2. The molecule has 0 aliphatic heterocycles. The van der Waals surface area contributed by atoms with Crippen LogP contribution in [0.1, 0.15) is 36.0 Å². The van der Waals surface area contributed by atoms with Gasteiger partial charge in [-0.2, -0.15) is 0 Å². The van der Waals surface area contributed by atoms with E-state index in [1.165, 1.54) is 0 Å². The van der Waals surface area contributed by atoms with E-state index in [1.54, 1.807) is 18.2 Å². The van der Waals surface area contributed by atoms with Crippen LogP contribution in [0.4, 0.5) is 11.4 Å². The summed E-state index contributed by atoms with van der Waals surface area (Å²) in [5.74, 6) is -1.16. The van der Waals surface area contributed by atoms with Crippen molar-refractivity contribution in [3.63, 3.8) is 0 Å². The second kappa shape index (κ2) is 11.1. The molecule has 2 aromatic carbocycles. The molecule has 30 heavy (non-hydrogen) atoms. The number of hydrogen-bond acceptors (Lipinski definition) is 4. The fourth-order valence-electron chi connectivity index (χ4n) is 2.61. The van der Waals surface area contributed by atoms with Gasteiger partial charge in [-0.05, 0) is 68.1 Å². The van der Waals surface area contributed by atoms with Crippen molar-refractivity contribution in [1.29, 1.82) is 0 Å². The van der Waals surface area contributed by atoms with Crippen molar-refractivity contribution in [3.8, 4) is 0 Å². The number of esters is 1. The molecule has 0 radical (unpaired) electrons. The number of anilines is 2. The lowest BCUT2D eigenvalue weighted by atomic mass is 10.1. The first-order valence-corrected chi connectivity index (χ1v) is 10.6. The Morgan fingerprint density at radius 2 is 1.70 bits per heavy atom. The molecular formula is C22H24BrClN2O4. The molecule has 2 amide bonds. The van der Waals surface area contributed by atoms with Crippen molar-refractivity contribution in [2.24, 2.45) is 0 Å². The SMILES string of the molecule is Cc1ccc(NC(=O)CCCC(=O)OCC(=O)Nc2ccc(Br)c(C)c2C)cc1Cl. The predicted octanol–water partition coefficient (Wildman–Crippen LogP) is 5.32.